The van der Waals surface area contributed by atoms with Crippen LogP contribution in [0.2, 0.25) is 0 Å². The van der Waals surface area contributed by atoms with E-state index in [0.717, 1.165) is 6.07 Å². The number of carbonyl (C=O) groups is 1. The lowest BCUT2D eigenvalue weighted by Gasteiger charge is -2.40. The van der Waals surface area contributed by atoms with E-state index >= 15 is 0 Å². The Balaban J connectivity index is 1.29. The Bertz CT molecular complexity index is 1320. The van der Waals surface area contributed by atoms with Crippen LogP contribution < -0.4 is 10.9 Å². The Hall–Kier alpha value is -3.54. The van der Waals surface area contributed by atoms with E-state index in [4.69, 9.17) is 0 Å². The minimum absolute atomic E-state index is 0.0156. The molecule has 2 aromatic heterocycles. The van der Waals surface area contributed by atoms with Gasteiger partial charge in [0.05, 0.1) is 18.0 Å². The minimum Gasteiger partial charge on any atom is -0.329 e. The quantitative estimate of drug-likeness (QED) is 0.521. The second-order valence-corrected chi connectivity index (χ2v) is 9.26. The van der Waals surface area contributed by atoms with Crippen LogP contribution in [-0.4, -0.2) is 55.6 Å². The summed E-state index contributed by atoms with van der Waals surface area (Å²) in [7, 11) is 0. The molecule has 0 saturated carbocycles. The Morgan fingerprint density at radius 2 is 1.94 bits per heavy atom. The van der Waals surface area contributed by atoms with Crippen LogP contribution in [0.1, 0.15) is 48.7 Å². The lowest BCUT2D eigenvalue weighted by atomic mass is 9.87. The van der Waals surface area contributed by atoms with Crippen molar-refractivity contribution in [3.8, 4) is 0 Å². The normalized spacial score (nSPS) is 22.2. The molecule has 8 nitrogen and oxygen atoms in total. The molecule has 0 aliphatic carbocycles. The molecule has 0 radical (unpaired) electrons. The third-order valence-electron chi connectivity index (χ3n) is 6.94. The third-order valence-corrected chi connectivity index (χ3v) is 6.94. The van der Waals surface area contributed by atoms with Crippen molar-refractivity contribution < 1.29 is 22.4 Å². The van der Waals surface area contributed by atoms with E-state index in [1.807, 2.05) is 0 Å². The zero-order valence-electron chi connectivity index (χ0n) is 19.3. The highest BCUT2D eigenvalue weighted by molar-refractivity contribution is 5.93. The number of halogens is 4. The minimum atomic E-state index is -2.98. The average Bonchev–Trinajstić information content (AvgIpc) is 3.39. The zero-order chi connectivity index (χ0) is 25.6. The highest BCUT2D eigenvalue weighted by Crippen LogP contribution is 2.40. The number of aromatic nitrogens is 4. The summed E-state index contributed by atoms with van der Waals surface area (Å²) in [5.41, 5.74) is 0.334. The monoisotopic (exact) mass is 504 g/mol. The molecule has 2 N–H and O–H groups in total. The van der Waals surface area contributed by atoms with Gasteiger partial charge in [-0.25, -0.2) is 22.2 Å². The van der Waals surface area contributed by atoms with Crippen LogP contribution in [0.15, 0.2) is 41.3 Å². The van der Waals surface area contributed by atoms with Gasteiger partial charge in [0.15, 0.2) is 0 Å². The molecule has 2 aliphatic heterocycles. The van der Waals surface area contributed by atoms with E-state index < -0.39 is 47.9 Å². The molecule has 0 unspecified atom stereocenters. The zero-order valence-corrected chi connectivity index (χ0v) is 19.3. The number of hydrogen-bond acceptors (Lipinski definition) is 5. The van der Waals surface area contributed by atoms with Crippen molar-refractivity contribution in [3.63, 3.8) is 0 Å². The molecular weight excluding hydrogens is 480 g/mol. The van der Waals surface area contributed by atoms with Gasteiger partial charge in [0.2, 0.25) is 17.4 Å². The predicted octanol–water partition coefficient (Wildman–Crippen LogP) is 3.23. The first kappa shape index (κ1) is 24.2. The van der Waals surface area contributed by atoms with Gasteiger partial charge in [0, 0.05) is 44.3 Å². The number of aromatic amines is 1. The summed E-state index contributed by atoms with van der Waals surface area (Å²) in [5, 5.41) is 6.96. The Morgan fingerprint density at radius 1 is 1.19 bits per heavy atom. The fraction of sp³-hybridized carbons (Fsp3) is 0.417. The first-order valence-corrected chi connectivity index (χ1v) is 11.6. The summed E-state index contributed by atoms with van der Waals surface area (Å²) in [6, 6.07) is 4.71. The van der Waals surface area contributed by atoms with Crippen molar-refractivity contribution in [3.05, 3.63) is 75.5 Å². The summed E-state index contributed by atoms with van der Waals surface area (Å²) in [6.45, 7) is 1.56. The fourth-order valence-corrected chi connectivity index (χ4v) is 4.94. The summed E-state index contributed by atoms with van der Waals surface area (Å²) in [5.74, 6) is -5.38. The number of nitrogens with zero attached hydrogens (tertiary/aromatic N) is 4. The van der Waals surface area contributed by atoms with E-state index in [2.05, 4.69) is 20.4 Å². The lowest BCUT2D eigenvalue weighted by Crippen LogP contribution is -2.52. The lowest BCUT2D eigenvalue weighted by molar-refractivity contribution is -0.125. The van der Waals surface area contributed by atoms with Crippen LogP contribution in [-0.2, 0) is 11.2 Å². The second-order valence-electron chi connectivity index (χ2n) is 9.26. The molecule has 1 saturated heterocycles. The van der Waals surface area contributed by atoms with E-state index in [9.17, 15) is 27.2 Å². The van der Waals surface area contributed by atoms with E-state index in [1.165, 1.54) is 30.5 Å². The number of amides is 1. The van der Waals surface area contributed by atoms with Crippen molar-refractivity contribution in [1.29, 1.82) is 0 Å². The van der Waals surface area contributed by atoms with Gasteiger partial charge < -0.3 is 4.98 Å². The Labute approximate surface area is 203 Å². The van der Waals surface area contributed by atoms with Crippen molar-refractivity contribution in [2.24, 2.45) is 0 Å². The maximum absolute atomic E-state index is 14.7. The first-order valence-electron chi connectivity index (χ1n) is 11.6. The number of H-pyrrole nitrogens is 1. The average molecular weight is 504 g/mol. The molecule has 1 aromatic carbocycles. The van der Waals surface area contributed by atoms with Gasteiger partial charge in [-0.3, -0.25) is 19.8 Å². The van der Waals surface area contributed by atoms with E-state index in [0.29, 0.717) is 29.8 Å². The number of anilines is 1. The van der Waals surface area contributed by atoms with E-state index in [1.54, 1.807) is 16.5 Å². The maximum atomic E-state index is 14.7. The van der Waals surface area contributed by atoms with Gasteiger partial charge in [-0.15, -0.1) is 5.10 Å². The summed E-state index contributed by atoms with van der Waals surface area (Å²) in [4.78, 5) is 32.7. The smallest absolute Gasteiger partial charge is 0.257 e. The van der Waals surface area contributed by atoms with Crippen molar-refractivity contribution >= 4 is 11.9 Å². The molecule has 3 atom stereocenters. The number of pyridine rings is 1. The number of rotatable bonds is 5. The maximum Gasteiger partial charge on any atom is 0.257 e. The highest BCUT2D eigenvalue weighted by atomic mass is 19.3. The molecule has 12 heteroatoms. The molecule has 2 aliphatic rings. The number of benzene rings is 1. The van der Waals surface area contributed by atoms with Crippen molar-refractivity contribution in [2.45, 2.75) is 50.1 Å². The van der Waals surface area contributed by atoms with Crippen LogP contribution in [0.4, 0.5) is 23.5 Å². The second kappa shape index (κ2) is 9.16. The van der Waals surface area contributed by atoms with Gasteiger partial charge in [-0.05, 0) is 36.6 Å². The summed E-state index contributed by atoms with van der Waals surface area (Å²) in [6.07, 6.45) is 1.93. The van der Waals surface area contributed by atoms with Gasteiger partial charge >= 0.3 is 0 Å². The fourth-order valence-electron chi connectivity index (χ4n) is 4.94. The van der Waals surface area contributed by atoms with Crippen LogP contribution in [0.3, 0.4) is 0 Å². The number of likely N-dealkylation sites (tertiary alicyclic amines) is 1. The van der Waals surface area contributed by atoms with Gasteiger partial charge in [0.1, 0.15) is 17.5 Å². The number of aryl methyl sites for hydroxylation is 1. The van der Waals surface area contributed by atoms with Gasteiger partial charge in [-0.1, -0.05) is 6.07 Å². The highest BCUT2D eigenvalue weighted by Gasteiger charge is 2.46. The Morgan fingerprint density at radius 3 is 2.64 bits per heavy atom. The number of alkyl halides is 2. The number of nitrogens with one attached hydrogen (secondary N) is 2. The van der Waals surface area contributed by atoms with Crippen LogP contribution in [0.25, 0.3) is 0 Å². The number of piperidine rings is 1. The van der Waals surface area contributed by atoms with Gasteiger partial charge in [0.25, 0.3) is 5.92 Å². The Kier molecular flexibility index (Phi) is 6.15. The van der Waals surface area contributed by atoms with Crippen molar-refractivity contribution in [2.75, 3.05) is 18.4 Å². The molecule has 1 fully saturated rings. The molecule has 0 bridgehead atoms. The number of hydrogen-bond donors (Lipinski definition) is 2. The first-order chi connectivity index (χ1) is 17.1. The molecule has 190 valence electrons. The molecule has 5 rings (SSSR count). The summed E-state index contributed by atoms with van der Waals surface area (Å²) >= 11 is 0. The van der Waals surface area contributed by atoms with Gasteiger partial charge in [-0.2, -0.15) is 4.98 Å². The van der Waals surface area contributed by atoms with E-state index in [-0.39, 0.29) is 24.6 Å². The predicted molar refractivity (Wildman–Crippen MR) is 122 cm³/mol. The van der Waals surface area contributed by atoms with Crippen LogP contribution >= 0.6 is 0 Å². The molecule has 0 spiro atoms. The third kappa shape index (κ3) is 4.64. The largest absolute Gasteiger partial charge is 0.329 e. The topological polar surface area (TPSA) is 95.9 Å². The van der Waals surface area contributed by atoms with Crippen molar-refractivity contribution in [1.82, 2.24) is 24.6 Å². The van der Waals surface area contributed by atoms with Crippen LogP contribution in [0, 0.1) is 11.6 Å². The molecule has 4 heterocycles. The molecule has 1 amide bonds. The SMILES string of the molecule is C[C@@H](C(=O)Nc1nc2n(n1)[C@@H](c1cc(F)cc(F)c1)CC2)N1CCC(F)(F)[C@@H](c2ccc(=O)[nH]c2)C1. The molecule has 3 aromatic rings. The standard InChI is InChI=1S/C24H24F4N6O2/c1-13(33-7-6-24(27,28)18(12-33)14-2-5-21(35)29-11-14)22(36)31-23-30-20-4-3-19(34(20)32-23)15-8-16(25)10-17(26)9-15/h2,5,8-11,13,18-19H,3-4,6-7,12H2,1H3,(H,29,35)(H,31,32,36)/t13-,18+,19+/m0/s1. The molecular formula is C24H24F4N6O2. The number of fused-ring (bicyclic) bond motifs is 1. The summed E-state index contributed by atoms with van der Waals surface area (Å²) < 4.78 is 58.3. The molecule has 36 heavy (non-hydrogen) atoms. The number of carbonyl (C=O) groups excluding carboxylic acids is 1. The van der Waals surface area contributed by atoms with Crippen LogP contribution in [0.5, 0.6) is 0 Å².